The third-order valence-corrected chi connectivity index (χ3v) is 4.14. The van der Waals surface area contributed by atoms with Crippen molar-refractivity contribution in [2.24, 2.45) is 4.99 Å². The molecule has 0 N–H and O–H groups in total. The number of nitrogens with zero attached hydrogens (tertiary/aromatic N) is 1. The lowest BCUT2D eigenvalue weighted by atomic mass is 10.3. The Morgan fingerprint density at radius 3 is 2.65 bits per heavy atom. The van der Waals surface area contributed by atoms with Gasteiger partial charge in [-0.1, -0.05) is 49.3 Å². The molecule has 0 aromatic heterocycles. The van der Waals surface area contributed by atoms with E-state index in [-0.39, 0.29) is 0 Å². The van der Waals surface area contributed by atoms with Crippen LogP contribution in [0.5, 0.6) is 0 Å². The summed E-state index contributed by atoms with van der Waals surface area (Å²) in [6.45, 7) is 5.04. The van der Waals surface area contributed by atoms with E-state index in [9.17, 15) is 0 Å². The van der Waals surface area contributed by atoms with Gasteiger partial charge in [-0.25, -0.2) is 4.99 Å². The summed E-state index contributed by atoms with van der Waals surface area (Å²) in [4.78, 5) is 4.50. The molecule has 2 nitrogen and oxygen atoms in total. The predicted molar refractivity (Wildman–Crippen MR) is 80.1 cm³/mol. The number of rotatable bonds is 6. The van der Waals surface area contributed by atoms with Crippen molar-refractivity contribution >= 4 is 32.5 Å². The Morgan fingerprint density at radius 1 is 1.24 bits per heavy atom. The standard InChI is InChI=1S/C13H19NOS2/c1-3-5-11-15-13(17-16-4-2)14-12-9-7-6-8-10-12/h6-10H,3-5,11H2,1-2H3. The van der Waals surface area contributed by atoms with Gasteiger partial charge in [0.15, 0.2) is 0 Å². The van der Waals surface area contributed by atoms with Crippen LogP contribution in [0.2, 0.25) is 0 Å². The van der Waals surface area contributed by atoms with E-state index in [1.807, 2.05) is 30.3 Å². The number of unbranched alkanes of at least 4 members (excludes halogenated alkanes) is 1. The Balaban J connectivity index is 2.57. The highest BCUT2D eigenvalue weighted by Gasteiger charge is 2.02. The van der Waals surface area contributed by atoms with Crippen LogP contribution in [0.1, 0.15) is 26.7 Å². The number of hydrogen-bond donors (Lipinski definition) is 0. The van der Waals surface area contributed by atoms with Crippen LogP contribution >= 0.6 is 21.6 Å². The molecule has 0 heterocycles. The second-order valence-electron chi connectivity index (χ2n) is 3.41. The molecule has 0 fully saturated rings. The maximum Gasteiger partial charge on any atom is 0.261 e. The Kier molecular flexibility index (Phi) is 8.01. The summed E-state index contributed by atoms with van der Waals surface area (Å²) in [7, 11) is 3.37. The highest BCUT2D eigenvalue weighted by Crippen LogP contribution is 2.25. The van der Waals surface area contributed by atoms with Gasteiger partial charge in [0, 0.05) is 16.5 Å². The molecule has 0 amide bonds. The summed E-state index contributed by atoms with van der Waals surface area (Å²) >= 11 is 0. The van der Waals surface area contributed by atoms with Crippen LogP contribution in [-0.2, 0) is 4.74 Å². The number of benzene rings is 1. The van der Waals surface area contributed by atoms with Crippen LogP contribution in [0.4, 0.5) is 5.69 Å². The minimum Gasteiger partial charge on any atom is -0.472 e. The van der Waals surface area contributed by atoms with Crippen molar-refractivity contribution in [3.63, 3.8) is 0 Å². The summed E-state index contributed by atoms with van der Waals surface area (Å²) in [6.07, 6.45) is 2.22. The summed E-state index contributed by atoms with van der Waals surface area (Å²) < 4.78 is 5.68. The first kappa shape index (κ1) is 14.5. The van der Waals surface area contributed by atoms with E-state index < -0.39 is 0 Å². The molecule has 0 unspecified atom stereocenters. The fourth-order valence-electron chi connectivity index (χ4n) is 1.10. The molecular weight excluding hydrogens is 250 g/mol. The van der Waals surface area contributed by atoms with Crippen LogP contribution < -0.4 is 0 Å². The molecule has 17 heavy (non-hydrogen) atoms. The minimum absolute atomic E-state index is 0.749. The van der Waals surface area contributed by atoms with E-state index in [4.69, 9.17) is 4.74 Å². The van der Waals surface area contributed by atoms with Crippen molar-refractivity contribution < 1.29 is 4.74 Å². The van der Waals surface area contributed by atoms with Crippen molar-refractivity contribution in [2.45, 2.75) is 26.7 Å². The largest absolute Gasteiger partial charge is 0.472 e. The highest BCUT2D eigenvalue weighted by atomic mass is 33.1. The molecular formula is C13H19NOS2. The van der Waals surface area contributed by atoms with Gasteiger partial charge in [0.2, 0.25) is 0 Å². The van der Waals surface area contributed by atoms with Gasteiger partial charge in [-0.15, -0.1) is 0 Å². The quantitative estimate of drug-likeness (QED) is 0.317. The third-order valence-electron chi connectivity index (χ3n) is 1.95. The first-order valence-corrected chi connectivity index (χ1v) is 8.24. The van der Waals surface area contributed by atoms with Crippen LogP contribution in [0.25, 0.3) is 0 Å². The van der Waals surface area contributed by atoms with E-state index in [0.29, 0.717) is 0 Å². The number of para-hydroxylation sites is 1. The second-order valence-corrected chi connectivity index (χ2v) is 5.94. The van der Waals surface area contributed by atoms with Gasteiger partial charge < -0.3 is 4.74 Å². The maximum absolute atomic E-state index is 5.68. The molecule has 0 atom stereocenters. The lowest BCUT2D eigenvalue weighted by molar-refractivity contribution is 0.306. The zero-order valence-corrected chi connectivity index (χ0v) is 12.0. The van der Waals surface area contributed by atoms with Crippen molar-refractivity contribution in [3.05, 3.63) is 30.3 Å². The van der Waals surface area contributed by atoms with Crippen LogP contribution in [-0.4, -0.2) is 17.6 Å². The van der Waals surface area contributed by atoms with Gasteiger partial charge in [0.1, 0.15) is 0 Å². The lowest BCUT2D eigenvalue weighted by Gasteiger charge is -2.07. The maximum atomic E-state index is 5.68. The molecule has 4 heteroatoms. The molecule has 0 spiro atoms. The van der Waals surface area contributed by atoms with Crippen molar-refractivity contribution in [1.29, 1.82) is 0 Å². The van der Waals surface area contributed by atoms with Gasteiger partial charge in [0.05, 0.1) is 12.3 Å². The number of aliphatic imine (C=N–C) groups is 1. The van der Waals surface area contributed by atoms with Crippen LogP contribution in [0.15, 0.2) is 35.3 Å². The molecule has 0 saturated heterocycles. The lowest BCUT2D eigenvalue weighted by Crippen LogP contribution is -2.00. The molecule has 0 radical (unpaired) electrons. The summed E-state index contributed by atoms with van der Waals surface area (Å²) in [5, 5.41) is 0.761. The van der Waals surface area contributed by atoms with E-state index >= 15 is 0 Å². The Morgan fingerprint density at radius 2 is 2.00 bits per heavy atom. The Bertz CT molecular complexity index is 327. The summed E-state index contributed by atoms with van der Waals surface area (Å²) in [5.41, 5.74) is 0.947. The van der Waals surface area contributed by atoms with Gasteiger partial charge in [0.25, 0.3) is 5.23 Å². The average Bonchev–Trinajstić information content (AvgIpc) is 2.37. The first-order chi connectivity index (χ1) is 8.36. The molecule has 0 aliphatic rings. The van der Waals surface area contributed by atoms with Crippen molar-refractivity contribution in [3.8, 4) is 0 Å². The monoisotopic (exact) mass is 269 g/mol. The van der Waals surface area contributed by atoms with Gasteiger partial charge in [-0.3, -0.25) is 0 Å². The number of ether oxygens (including phenoxy) is 1. The van der Waals surface area contributed by atoms with E-state index in [1.54, 1.807) is 21.6 Å². The highest BCUT2D eigenvalue weighted by molar-refractivity contribution is 8.82. The van der Waals surface area contributed by atoms with Gasteiger partial charge >= 0.3 is 0 Å². The van der Waals surface area contributed by atoms with Crippen LogP contribution in [0, 0.1) is 0 Å². The second kappa shape index (κ2) is 9.42. The van der Waals surface area contributed by atoms with E-state index in [0.717, 1.165) is 36.1 Å². The zero-order chi connectivity index (χ0) is 12.3. The number of hydrogen-bond acceptors (Lipinski definition) is 4. The molecule has 1 aromatic rings. The normalized spacial score (nSPS) is 11.5. The molecule has 1 rings (SSSR count). The van der Waals surface area contributed by atoms with Crippen LogP contribution in [0.3, 0.4) is 0 Å². The molecule has 0 saturated carbocycles. The molecule has 0 aliphatic heterocycles. The van der Waals surface area contributed by atoms with Gasteiger partial charge in [-0.05, 0) is 18.6 Å². The van der Waals surface area contributed by atoms with Crippen molar-refractivity contribution in [1.82, 2.24) is 0 Å². The molecule has 94 valence electrons. The topological polar surface area (TPSA) is 21.6 Å². The van der Waals surface area contributed by atoms with E-state index in [2.05, 4.69) is 18.8 Å². The smallest absolute Gasteiger partial charge is 0.261 e. The van der Waals surface area contributed by atoms with E-state index in [1.165, 1.54) is 0 Å². The molecule has 0 bridgehead atoms. The first-order valence-electron chi connectivity index (χ1n) is 5.92. The summed E-state index contributed by atoms with van der Waals surface area (Å²) in [5.74, 6) is 1.05. The Hall–Kier alpha value is -0.610. The minimum atomic E-state index is 0.749. The molecule has 0 aliphatic carbocycles. The van der Waals surface area contributed by atoms with Crippen molar-refractivity contribution in [2.75, 3.05) is 12.4 Å². The fraction of sp³-hybridized carbons (Fsp3) is 0.462. The molecule has 1 aromatic carbocycles. The Labute approximate surface area is 112 Å². The van der Waals surface area contributed by atoms with Gasteiger partial charge in [-0.2, -0.15) is 0 Å². The SMILES string of the molecule is CCCCOC(=Nc1ccccc1)SSCC. The average molecular weight is 269 g/mol. The predicted octanol–water partition coefficient (Wildman–Crippen LogP) is 4.89. The zero-order valence-electron chi connectivity index (χ0n) is 10.4. The fourth-order valence-corrected chi connectivity index (χ4v) is 2.50. The third kappa shape index (κ3) is 6.64. The summed E-state index contributed by atoms with van der Waals surface area (Å²) in [6, 6.07) is 9.94.